The minimum absolute atomic E-state index is 0.496. The molecule has 3 heteroatoms. The van der Waals surface area contributed by atoms with Crippen LogP contribution in [-0.2, 0) is 0 Å². The van der Waals surface area contributed by atoms with Crippen LogP contribution in [-0.4, -0.2) is 47.3 Å². The standard InChI is InChI=1S/C13H26N2O/c1-11-8-15(10-13(2,16)9-14-11)12-6-4-3-5-7-12/h11-12,14,16H,3-10H2,1-2H3. The van der Waals surface area contributed by atoms with Crippen molar-refractivity contribution in [3.63, 3.8) is 0 Å². The summed E-state index contributed by atoms with van der Waals surface area (Å²) < 4.78 is 0. The molecule has 0 aromatic heterocycles. The Morgan fingerprint density at radius 1 is 1.25 bits per heavy atom. The molecule has 2 atom stereocenters. The summed E-state index contributed by atoms with van der Waals surface area (Å²) in [6, 6.07) is 1.21. The first kappa shape index (κ1) is 12.3. The maximum absolute atomic E-state index is 10.3. The monoisotopic (exact) mass is 226 g/mol. The summed E-state index contributed by atoms with van der Waals surface area (Å²) in [7, 11) is 0. The fourth-order valence-corrected chi connectivity index (χ4v) is 3.09. The molecule has 0 aromatic carbocycles. The normalized spacial score (nSPS) is 39.6. The van der Waals surface area contributed by atoms with Gasteiger partial charge in [0.15, 0.2) is 0 Å². The zero-order chi connectivity index (χ0) is 11.6. The second kappa shape index (κ2) is 5.03. The van der Waals surface area contributed by atoms with E-state index in [4.69, 9.17) is 0 Å². The fourth-order valence-electron chi connectivity index (χ4n) is 3.09. The van der Waals surface area contributed by atoms with E-state index in [0.29, 0.717) is 12.1 Å². The smallest absolute Gasteiger partial charge is 0.0869 e. The molecule has 2 N–H and O–H groups in total. The van der Waals surface area contributed by atoms with Gasteiger partial charge in [0, 0.05) is 31.7 Å². The topological polar surface area (TPSA) is 35.5 Å². The van der Waals surface area contributed by atoms with Crippen molar-refractivity contribution in [3.8, 4) is 0 Å². The summed E-state index contributed by atoms with van der Waals surface area (Å²) >= 11 is 0. The van der Waals surface area contributed by atoms with Gasteiger partial charge < -0.3 is 10.4 Å². The van der Waals surface area contributed by atoms with Gasteiger partial charge in [0.1, 0.15) is 0 Å². The summed E-state index contributed by atoms with van der Waals surface area (Å²) in [5, 5.41) is 13.7. The summed E-state index contributed by atoms with van der Waals surface area (Å²) in [6.45, 7) is 6.80. The molecule has 1 saturated heterocycles. The number of rotatable bonds is 1. The lowest BCUT2D eigenvalue weighted by Gasteiger charge is -2.37. The first-order valence-corrected chi connectivity index (χ1v) is 6.77. The average Bonchev–Trinajstić information content (AvgIpc) is 2.39. The predicted molar refractivity (Wildman–Crippen MR) is 66.5 cm³/mol. The molecule has 1 aliphatic heterocycles. The molecule has 0 bridgehead atoms. The molecule has 0 radical (unpaired) electrons. The van der Waals surface area contributed by atoms with Gasteiger partial charge in [0.25, 0.3) is 0 Å². The van der Waals surface area contributed by atoms with E-state index in [1.165, 1.54) is 32.1 Å². The Kier molecular flexibility index (Phi) is 3.88. The number of nitrogens with one attached hydrogen (secondary N) is 1. The van der Waals surface area contributed by atoms with Crippen molar-refractivity contribution in [2.24, 2.45) is 0 Å². The number of β-amino-alcohol motifs (C(OH)–C–C–N with tert-alkyl or cyclic N) is 1. The molecule has 2 rings (SSSR count). The highest BCUT2D eigenvalue weighted by molar-refractivity contribution is 4.90. The summed E-state index contributed by atoms with van der Waals surface area (Å²) in [5.74, 6) is 0. The molecule has 3 nitrogen and oxygen atoms in total. The molecule has 94 valence electrons. The van der Waals surface area contributed by atoms with E-state index in [1.54, 1.807) is 0 Å². The minimum Gasteiger partial charge on any atom is -0.388 e. The number of nitrogens with zero attached hydrogens (tertiary/aromatic N) is 1. The van der Waals surface area contributed by atoms with Crippen LogP contribution in [0.5, 0.6) is 0 Å². The molecular formula is C13H26N2O. The molecular weight excluding hydrogens is 200 g/mol. The van der Waals surface area contributed by atoms with Crippen molar-refractivity contribution in [1.82, 2.24) is 10.2 Å². The molecule has 0 amide bonds. The zero-order valence-corrected chi connectivity index (χ0v) is 10.7. The van der Waals surface area contributed by atoms with Gasteiger partial charge in [-0.15, -0.1) is 0 Å². The van der Waals surface area contributed by atoms with E-state index in [-0.39, 0.29) is 0 Å². The SMILES string of the molecule is CC1CN(C2CCCCC2)CC(C)(O)CN1. The summed E-state index contributed by atoms with van der Waals surface area (Å²) in [5.41, 5.74) is -0.567. The summed E-state index contributed by atoms with van der Waals surface area (Å²) in [4.78, 5) is 2.52. The van der Waals surface area contributed by atoms with E-state index in [2.05, 4.69) is 17.1 Å². The van der Waals surface area contributed by atoms with Gasteiger partial charge in [0.05, 0.1) is 5.60 Å². The van der Waals surface area contributed by atoms with E-state index >= 15 is 0 Å². The largest absolute Gasteiger partial charge is 0.388 e. The molecule has 1 saturated carbocycles. The van der Waals surface area contributed by atoms with Crippen LogP contribution < -0.4 is 5.32 Å². The van der Waals surface area contributed by atoms with Crippen LogP contribution in [0.1, 0.15) is 46.0 Å². The Labute approximate surface area is 99.2 Å². The van der Waals surface area contributed by atoms with E-state index in [1.807, 2.05) is 6.92 Å². The molecule has 0 spiro atoms. The van der Waals surface area contributed by atoms with Crippen LogP contribution in [0.25, 0.3) is 0 Å². The van der Waals surface area contributed by atoms with Gasteiger partial charge in [-0.25, -0.2) is 0 Å². The maximum atomic E-state index is 10.3. The van der Waals surface area contributed by atoms with Crippen LogP contribution in [0, 0.1) is 0 Å². The van der Waals surface area contributed by atoms with E-state index in [0.717, 1.165) is 19.6 Å². The number of hydrogen-bond donors (Lipinski definition) is 2. The molecule has 2 aliphatic rings. The van der Waals surface area contributed by atoms with Crippen LogP contribution in [0.2, 0.25) is 0 Å². The Bertz CT molecular complexity index is 224. The van der Waals surface area contributed by atoms with Crippen molar-refractivity contribution in [3.05, 3.63) is 0 Å². The molecule has 1 heterocycles. The highest BCUT2D eigenvalue weighted by Crippen LogP contribution is 2.25. The zero-order valence-electron chi connectivity index (χ0n) is 10.7. The maximum Gasteiger partial charge on any atom is 0.0869 e. The van der Waals surface area contributed by atoms with Gasteiger partial charge in [-0.3, -0.25) is 4.90 Å². The molecule has 1 aliphatic carbocycles. The third-order valence-electron chi connectivity index (χ3n) is 3.97. The first-order chi connectivity index (χ1) is 7.57. The minimum atomic E-state index is -0.567. The first-order valence-electron chi connectivity index (χ1n) is 6.77. The molecule has 16 heavy (non-hydrogen) atoms. The van der Waals surface area contributed by atoms with Gasteiger partial charge in [-0.2, -0.15) is 0 Å². The van der Waals surface area contributed by atoms with Crippen molar-refractivity contribution in [2.45, 2.75) is 63.6 Å². The quantitative estimate of drug-likeness (QED) is 0.709. The Balaban J connectivity index is 1.99. The van der Waals surface area contributed by atoms with Crippen molar-refractivity contribution in [1.29, 1.82) is 0 Å². The lowest BCUT2D eigenvalue weighted by Crippen LogP contribution is -2.47. The Morgan fingerprint density at radius 2 is 1.94 bits per heavy atom. The Hall–Kier alpha value is -0.120. The third kappa shape index (κ3) is 3.19. The van der Waals surface area contributed by atoms with Gasteiger partial charge >= 0.3 is 0 Å². The lowest BCUT2D eigenvalue weighted by molar-refractivity contribution is 0.0156. The fraction of sp³-hybridized carbons (Fsp3) is 1.00. The van der Waals surface area contributed by atoms with Crippen molar-refractivity contribution < 1.29 is 5.11 Å². The van der Waals surface area contributed by atoms with Crippen LogP contribution >= 0.6 is 0 Å². The van der Waals surface area contributed by atoms with Gasteiger partial charge in [-0.05, 0) is 26.7 Å². The van der Waals surface area contributed by atoms with Gasteiger partial charge in [0.2, 0.25) is 0 Å². The highest BCUT2D eigenvalue weighted by atomic mass is 16.3. The third-order valence-corrected chi connectivity index (χ3v) is 3.97. The number of hydrogen-bond acceptors (Lipinski definition) is 3. The van der Waals surface area contributed by atoms with Crippen molar-refractivity contribution >= 4 is 0 Å². The van der Waals surface area contributed by atoms with Crippen LogP contribution in [0.4, 0.5) is 0 Å². The van der Waals surface area contributed by atoms with Crippen molar-refractivity contribution in [2.75, 3.05) is 19.6 Å². The highest BCUT2D eigenvalue weighted by Gasteiger charge is 2.32. The molecule has 0 aromatic rings. The van der Waals surface area contributed by atoms with Crippen LogP contribution in [0.3, 0.4) is 0 Å². The van der Waals surface area contributed by atoms with E-state index in [9.17, 15) is 5.11 Å². The molecule has 2 fully saturated rings. The van der Waals surface area contributed by atoms with Crippen LogP contribution in [0.15, 0.2) is 0 Å². The van der Waals surface area contributed by atoms with E-state index < -0.39 is 5.60 Å². The van der Waals surface area contributed by atoms with Gasteiger partial charge in [-0.1, -0.05) is 19.3 Å². The lowest BCUT2D eigenvalue weighted by atomic mass is 9.93. The molecule has 2 unspecified atom stereocenters. The number of aliphatic hydroxyl groups is 1. The second-order valence-electron chi connectivity index (χ2n) is 6.00. The average molecular weight is 226 g/mol. The second-order valence-corrected chi connectivity index (χ2v) is 6.00. The Morgan fingerprint density at radius 3 is 2.62 bits per heavy atom. The predicted octanol–water partition coefficient (Wildman–Crippen LogP) is 1.36. The summed E-state index contributed by atoms with van der Waals surface area (Å²) in [6.07, 6.45) is 6.77.